The Kier molecular flexibility index (Phi) is 6.17. The van der Waals surface area contributed by atoms with Crippen LogP contribution in [0.5, 0.6) is 0 Å². The van der Waals surface area contributed by atoms with Crippen molar-refractivity contribution in [2.24, 2.45) is 5.41 Å². The molecule has 1 rings (SSSR count). The van der Waals surface area contributed by atoms with Crippen LogP contribution in [0.15, 0.2) is 23.1 Å². The summed E-state index contributed by atoms with van der Waals surface area (Å²) in [5, 5.41) is 8.95. The number of nitrogens with zero attached hydrogens (tertiary/aromatic N) is 1. The summed E-state index contributed by atoms with van der Waals surface area (Å²) < 4.78 is 32.2. The van der Waals surface area contributed by atoms with Crippen molar-refractivity contribution in [3.8, 4) is 6.07 Å². The van der Waals surface area contributed by atoms with Gasteiger partial charge in [0.05, 0.1) is 16.7 Å². The number of hydrogen-bond donors (Lipinski definition) is 1. The van der Waals surface area contributed by atoms with Crippen LogP contribution >= 0.6 is 11.6 Å². The van der Waals surface area contributed by atoms with Gasteiger partial charge in [-0.25, -0.2) is 13.1 Å². The van der Waals surface area contributed by atoms with E-state index >= 15 is 0 Å². The predicted molar refractivity (Wildman–Crippen MR) is 81.6 cm³/mol. The summed E-state index contributed by atoms with van der Waals surface area (Å²) in [6, 6.07) is 6.05. The standard InChI is InChI=1S/C14H19ClN2O3S/c1-14(2,6-7-20-3)10-17-21(18,19)13-8-11(9-16)4-5-12(13)15/h4-5,8,17H,6-7,10H2,1-3H3. The van der Waals surface area contributed by atoms with E-state index in [0.29, 0.717) is 6.61 Å². The second-order valence-corrected chi connectivity index (χ2v) is 7.63. The Morgan fingerprint density at radius 3 is 2.67 bits per heavy atom. The van der Waals surface area contributed by atoms with Crippen LogP contribution in [0.4, 0.5) is 0 Å². The van der Waals surface area contributed by atoms with Crippen LogP contribution < -0.4 is 4.72 Å². The Balaban J connectivity index is 2.90. The molecule has 0 aromatic heterocycles. The van der Waals surface area contributed by atoms with Gasteiger partial charge in [-0.15, -0.1) is 0 Å². The highest BCUT2D eigenvalue weighted by Gasteiger charge is 2.24. The van der Waals surface area contributed by atoms with Gasteiger partial charge in [-0.05, 0) is 30.0 Å². The molecule has 0 aliphatic carbocycles. The molecule has 0 aliphatic heterocycles. The molecule has 0 radical (unpaired) electrons. The minimum absolute atomic E-state index is 0.0780. The Morgan fingerprint density at radius 1 is 1.43 bits per heavy atom. The van der Waals surface area contributed by atoms with Crippen molar-refractivity contribution in [2.45, 2.75) is 25.2 Å². The first kappa shape index (κ1) is 17.9. The third-order valence-electron chi connectivity index (χ3n) is 3.07. The van der Waals surface area contributed by atoms with E-state index in [1.54, 1.807) is 7.11 Å². The third-order valence-corrected chi connectivity index (χ3v) is 4.96. The van der Waals surface area contributed by atoms with E-state index < -0.39 is 10.0 Å². The highest BCUT2D eigenvalue weighted by Crippen LogP contribution is 2.24. The van der Waals surface area contributed by atoms with Gasteiger partial charge in [0, 0.05) is 20.3 Å². The molecule has 0 spiro atoms. The Morgan fingerprint density at radius 2 is 2.10 bits per heavy atom. The van der Waals surface area contributed by atoms with Crippen LogP contribution in [-0.4, -0.2) is 28.7 Å². The maximum atomic E-state index is 12.3. The molecule has 0 aliphatic rings. The molecule has 0 atom stereocenters. The summed E-state index contributed by atoms with van der Waals surface area (Å²) in [6.45, 7) is 4.70. The first-order valence-electron chi connectivity index (χ1n) is 6.40. The number of benzene rings is 1. The summed E-state index contributed by atoms with van der Waals surface area (Å²) in [5.74, 6) is 0. The molecule has 0 heterocycles. The molecular formula is C14H19ClN2O3S. The van der Waals surface area contributed by atoms with Gasteiger partial charge >= 0.3 is 0 Å². The maximum Gasteiger partial charge on any atom is 0.242 e. The summed E-state index contributed by atoms with van der Waals surface area (Å²) in [5.41, 5.74) is 0.000911. The zero-order valence-electron chi connectivity index (χ0n) is 12.3. The van der Waals surface area contributed by atoms with Gasteiger partial charge in [0.2, 0.25) is 10.0 Å². The number of ether oxygens (including phenoxy) is 1. The number of hydrogen-bond acceptors (Lipinski definition) is 4. The molecule has 0 bridgehead atoms. The fourth-order valence-corrected chi connectivity index (χ4v) is 3.38. The van der Waals surface area contributed by atoms with E-state index in [1.807, 2.05) is 19.9 Å². The van der Waals surface area contributed by atoms with Crippen molar-refractivity contribution >= 4 is 21.6 Å². The molecule has 0 saturated carbocycles. The second-order valence-electron chi connectivity index (χ2n) is 5.49. The average molecular weight is 331 g/mol. The van der Waals surface area contributed by atoms with Crippen molar-refractivity contribution in [3.63, 3.8) is 0 Å². The van der Waals surface area contributed by atoms with Gasteiger partial charge in [-0.1, -0.05) is 25.4 Å². The minimum Gasteiger partial charge on any atom is -0.385 e. The quantitative estimate of drug-likeness (QED) is 0.833. The van der Waals surface area contributed by atoms with Crippen LogP contribution in [0.2, 0.25) is 5.02 Å². The van der Waals surface area contributed by atoms with E-state index in [4.69, 9.17) is 21.6 Å². The molecule has 116 valence electrons. The van der Waals surface area contributed by atoms with E-state index in [2.05, 4.69) is 4.72 Å². The molecule has 1 aromatic carbocycles. The zero-order chi connectivity index (χ0) is 16.1. The average Bonchev–Trinajstić information content (AvgIpc) is 2.44. The summed E-state index contributed by atoms with van der Waals surface area (Å²) in [4.78, 5) is -0.0780. The van der Waals surface area contributed by atoms with Crippen molar-refractivity contribution in [2.75, 3.05) is 20.3 Å². The molecule has 1 aromatic rings. The van der Waals surface area contributed by atoms with Crippen molar-refractivity contribution in [3.05, 3.63) is 28.8 Å². The van der Waals surface area contributed by atoms with Gasteiger partial charge in [-0.2, -0.15) is 5.26 Å². The van der Waals surface area contributed by atoms with Crippen LogP contribution in [0.3, 0.4) is 0 Å². The van der Waals surface area contributed by atoms with E-state index in [-0.39, 0.29) is 27.4 Å². The lowest BCUT2D eigenvalue weighted by atomic mass is 9.90. The first-order chi connectivity index (χ1) is 9.72. The Labute approximate surface area is 130 Å². The summed E-state index contributed by atoms with van der Waals surface area (Å²) >= 11 is 5.92. The lowest BCUT2D eigenvalue weighted by molar-refractivity contribution is 0.153. The minimum atomic E-state index is -3.76. The number of rotatable bonds is 7. The van der Waals surface area contributed by atoms with E-state index in [0.717, 1.165) is 6.42 Å². The fraction of sp³-hybridized carbons (Fsp3) is 0.500. The van der Waals surface area contributed by atoms with Crippen LogP contribution in [0.1, 0.15) is 25.8 Å². The van der Waals surface area contributed by atoms with Gasteiger partial charge in [0.1, 0.15) is 4.90 Å². The summed E-state index contributed by atoms with van der Waals surface area (Å²) in [7, 11) is -2.15. The molecule has 0 amide bonds. The highest BCUT2D eigenvalue weighted by atomic mass is 35.5. The van der Waals surface area contributed by atoms with Crippen LogP contribution in [0.25, 0.3) is 0 Å². The van der Waals surface area contributed by atoms with Crippen molar-refractivity contribution in [1.82, 2.24) is 4.72 Å². The van der Waals surface area contributed by atoms with E-state index in [9.17, 15) is 8.42 Å². The molecule has 5 nitrogen and oxygen atoms in total. The smallest absolute Gasteiger partial charge is 0.242 e. The SMILES string of the molecule is COCCC(C)(C)CNS(=O)(=O)c1cc(C#N)ccc1Cl. The fourth-order valence-electron chi connectivity index (χ4n) is 1.61. The van der Waals surface area contributed by atoms with Gasteiger partial charge < -0.3 is 4.74 Å². The van der Waals surface area contributed by atoms with Crippen molar-refractivity contribution < 1.29 is 13.2 Å². The molecule has 1 N–H and O–H groups in total. The Hall–Kier alpha value is -1.13. The number of nitrogens with one attached hydrogen (secondary N) is 1. The molecule has 7 heteroatoms. The van der Waals surface area contributed by atoms with Crippen molar-refractivity contribution in [1.29, 1.82) is 5.26 Å². The van der Waals surface area contributed by atoms with E-state index in [1.165, 1.54) is 18.2 Å². The van der Waals surface area contributed by atoms with Gasteiger partial charge in [0.15, 0.2) is 0 Å². The molecule has 0 fully saturated rings. The van der Waals surface area contributed by atoms with Crippen LogP contribution in [-0.2, 0) is 14.8 Å². The number of methoxy groups -OCH3 is 1. The largest absolute Gasteiger partial charge is 0.385 e. The third kappa shape index (κ3) is 5.29. The zero-order valence-corrected chi connectivity index (χ0v) is 13.9. The number of halogens is 1. The molecule has 0 saturated heterocycles. The monoisotopic (exact) mass is 330 g/mol. The number of nitriles is 1. The molecule has 21 heavy (non-hydrogen) atoms. The number of sulfonamides is 1. The molecular weight excluding hydrogens is 312 g/mol. The molecule has 0 unspecified atom stereocenters. The second kappa shape index (κ2) is 7.23. The van der Waals surface area contributed by atoms with Gasteiger partial charge in [0.25, 0.3) is 0 Å². The normalized spacial score (nSPS) is 12.1. The first-order valence-corrected chi connectivity index (χ1v) is 8.26. The lowest BCUT2D eigenvalue weighted by Gasteiger charge is -2.24. The maximum absolute atomic E-state index is 12.3. The Bertz CT molecular complexity index is 636. The summed E-state index contributed by atoms with van der Waals surface area (Å²) in [6.07, 6.45) is 0.720. The lowest BCUT2D eigenvalue weighted by Crippen LogP contribution is -2.34. The van der Waals surface area contributed by atoms with Crippen LogP contribution in [0, 0.1) is 16.7 Å². The topological polar surface area (TPSA) is 79.2 Å². The van der Waals surface area contributed by atoms with Gasteiger partial charge in [-0.3, -0.25) is 0 Å². The predicted octanol–water partition coefficient (Wildman–Crippen LogP) is 2.55. The highest BCUT2D eigenvalue weighted by molar-refractivity contribution is 7.89.